The van der Waals surface area contributed by atoms with Gasteiger partial charge in [-0.1, -0.05) is 17.7 Å². The summed E-state index contributed by atoms with van der Waals surface area (Å²) in [5.74, 6) is 1.20. The van der Waals surface area contributed by atoms with E-state index in [9.17, 15) is 9.18 Å². The Hall–Kier alpha value is -2.97. The van der Waals surface area contributed by atoms with Crippen molar-refractivity contribution in [3.05, 3.63) is 53.1 Å². The van der Waals surface area contributed by atoms with E-state index in [0.29, 0.717) is 29.7 Å². The van der Waals surface area contributed by atoms with Crippen molar-refractivity contribution in [2.45, 2.75) is 6.54 Å². The zero-order valence-corrected chi connectivity index (χ0v) is 17.6. The highest BCUT2D eigenvalue weighted by molar-refractivity contribution is 6.31. The van der Waals surface area contributed by atoms with Crippen LogP contribution in [-0.4, -0.2) is 41.0 Å². The van der Waals surface area contributed by atoms with Gasteiger partial charge in [0.2, 0.25) is 5.91 Å². The number of aromatic nitrogens is 2. The van der Waals surface area contributed by atoms with Crippen molar-refractivity contribution in [2.75, 3.05) is 25.5 Å². The number of halogens is 2. The smallest absolute Gasteiger partial charge is 0.221 e. The topological polar surface area (TPSA) is 93.4 Å². The Bertz CT molecular complexity index is 1180. The van der Waals surface area contributed by atoms with Crippen molar-refractivity contribution >= 4 is 39.9 Å². The lowest BCUT2D eigenvalue weighted by Crippen LogP contribution is -2.28. The third-order valence-corrected chi connectivity index (χ3v) is 6.53. The number of anilines is 2. The molecule has 0 radical (unpaired) electrons. The van der Waals surface area contributed by atoms with Gasteiger partial charge in [-0.3, -0.25) is 9.69 Å². The van der Waals surface area contributed by atoms with Gasteiger partial charge in [0.05, 0.1) is 23.3 Å². The van der Waals surface area contributed by atoms with Gasteiger partial charge < -0.3 is 15.8 Å². The lowest BCUT2D eigenvalue weighted by Gasteiger charge is -2.21. The molecule has 9 heteroatoms. The molecular formula is C22H21ClFN5O2. The zero-order valence-electron chi connectivity index (χ0n) is 16.8. The number of ether oxygens (including phenoxy) is 1. The van der Waals surface area contributed by atoms with E-state index in [2.05, 4.69) is 20.2 Å². The Morgan fingerprint density at radius 1 is 1.32 bits per heavy atom. The van der Waals surface area contributed by atoms with E-state index in [0.717, 1.165) is 29.8 Å². The van der Waals surface area contributed by atoms with Crippen molar-refractivity contribution in [1.82, 2.24) is 14.9 Å². The summed E-state index contributed by atoms with van der Waals surface area (Å²) >= 11 is 5.90. The van der Waals surface area contributed by atoms with Gasteiger partial charge in [0.1, 0.15) is 17.9 Å². The highest BCUT2D eigenvalue weighted by atomic mass is 35.5. The molecule has 31 heavy (non-hydrogen) atoms. The van der Waals surface area contributed by atoms with Gasteiger partial charge in [0.15, 0.2) is 5.82 Å². The standard InChI is InChI=1S/C22H21ClFN5O2/c1-31-18-6-17-12(5-11(18)7-29-8-13-14(9-29)19(13)21(25)30)22(27-10-26-17)28-16-4-2-3-15(23)20(16)24/h2-6,10,13-14,19H,7-9H2,1H3,(H2,25,30)(H,26,27,28)/t13-,14?,19?/m0/s1. The summed E-state index contributed by atoms with van der Waals surface area (Å²) in [6.07, 6.45) is 1.42. The molecule has 2 aliphatic rings. The van der Waals surface area contributed by atoms with E-state index in [1.807, 2.05) is 12.1 Å². The number of hydrogen-bond acceptors (Lipinski definition) is 6. The van der Waals surface area contributed by atoms with Crippen LogP contribution in [0.25, 0.3) is 10.9 Å². The number of nitrogens with zero attached hydrogens (tertiary/aromatic N) is 3. The van der Waals surface area contributed by atoms with Crippen LogP contribution in [0.3, 0.4) is 0 Å². The van der Waals surface area contributed by atoms with Gasteiger partial charge in [0.25, 0.3) is 0 Å². The average molecular weight is 442 g/mol. The number of primary amides is 1. The molecule has 0 spiro atoms. The Labute approximate surface area is 183 Å². The Balaban J connectivity index is 1.44. The first kappa shape index (κ1) is 20.0. The van der Waals surface area contributed by atoms with Gasteiger partial charge in [-0.2, -0.15) is 0 Å². The second-order valence-electron chi connectivity index (χ2n) is 8.08. The molecule has 3 aromatic rings. The van der Waals surface area contributed by atoms with Crippen LogP contribution in [0.1, 0.15) is 5.56 Å². The van der Waals surface area contributed by atoms with Crippen LogP contribution in [0.2, 0.25) is 5.02 Å². The summed E-state index contributed by atoms with van der Waals surface area (Å²) in [6.45, 7) is 2.34. The molecule has 2 heterocycles. The summed E-state index contributed by atoms with van der Waals surface area (Å²) in [6, 6.07) is 8.59. The Morgan fingerprint density at radius 2 is 2.10 bits per heavy atom. The predicted octanol–water partition coefficient (Wildman–Crippen LogP) is 3.34. The van der Waals surface area contributed by atoms with Crippen LogP contribution in [0, 0.1) is 23.6 Å². The monoisotopic (exact) mass is 441 g/mol. The fourth-order valence-electron chi connectivity index (χ4n) is 4.68. The molecule has 2 aromatic carbocycles. The van der Waals surface area contributed by atoms with Crippen LogP contribution >= 0.6 is 11.6 Å². The number of likely N-dealkylation sites (tertiary alicyclic amines) is 1. The summed E-state index contributed by atoms with van der Waals surface area (Å²) < 4.78 is 20.0. The van der Waals surface area contributed by atoms with E-state index >= 15 is 0 Å². The second kappa shape index (κ2) is 7.62. The lowest BCUT2D eigenvalue weighted by atomic mass is 10.1. The number of carbonyl (C=O) groups excluding carboxylic acids is 1. The summed E-state index contributed by atoms with van der Waals surface area (Å²) in [5.41, 5.74) is 7.35. The van der Waals surface area contributed by atoms with Gasteiger partial charge in [-0.25, -0.2) is 14.4 Å². The maximum atomic E-state index is 14.4. The number of benzene rings is 2. The third kappa shape index (κ3) is 3.55. The highest BCUT2D eigenvalue weighted by Crippen LogP contribution is 2.51. The first-order chi connectivity index (χ1) is 15.0. The van der Waals surface area contributed by atoms with Gasteiger partial charge >= 0.3 is 0 Å². The molecule has 160 valence electrons. The third-order valence-electron chi connectivity index (χ3n) is 6.23. The summed E-state index contributed by atoms with van der Waals surface area (Å²) in [5, 5.41) is 3.81. The summed E-state index contributed by atoms with van der Waals surface area (Å²) in [4.78, 5) is 22.4. The molecule has 5 rings (SSSR count). The van der Waals surface area contributed by atoms with Crippen LogP contribution < -0.4 is 15.8 Å². The molecule has 1 aliphatic heterocycles. The normalized spacial score (nSPS) is 22.4. The van der Waals surface area contributed by atoms with E-state index in [1.165, 1.54) is 12.4 Å². The van der Waals surface area contributed by atoms with Crippen LogP contribution in [0.15, 0.2) is 36.7 Å². The number of rotatable bonds is 6. The number of fused-ring (bicyclic) bond motifs is 2. The van der Waals surface area contributed by atoms with Gasteiger partial charge in [-0.15, -0.1) is 0 Å². The number of amides is 1. The van der Waals surface area contributed by atoms with E-state index in [-0.39, 0.29) is 22.5 Å². The molecule has 3 N–H and O–H groups in total. The molecule has 1 aliphatic carbocycles. The lowest BCUT2D eigenvalue weighted by molar-refractivity contribution is -0.120. The second-order valence-corrected chi connectivity index (χ2v) is 8.49. The van der Waals surface area contributed by atoms with E-state index in [4.69, 9.17) is 22.1 Å². The molecular weight excluding hydrogens is 421 g/mol. The van der Waals surface area contributed by atoms with Gasteiger partial charge in [0, 0.05) is 42.6 Å². The fraction of sp³-hybridized carbons (Fsp3) is 0.318. The minimum absolute atomic E-state index is 0.0199. The highest BCUT2D eigenvalue weighted by Gasteiger charge is 2.58. The molecule has 7 nitrogen and oxygen atoms in total. The number of nitrogens with two attached hydrogens (primary N) is 1. The number of hydrogen-bond donors (Lipinski definition) is 2. The predicted molar refractivity (Wildman–Crippen MR) is 116 cm³/mol. The molecule has 3 atom stereocenters. The maximum absolute atomic E-state index is 14.4. The SMILES string of the molecule is COc1cc2ncnc(Nc3cccc(Cl)c3F)c2cc1CN1CC2C(C(N)=O)[C@H]2C1. The Kier molecular flexibility index (Phi) is 4.91. The molecule has 1 aromatic heterocycles. The minimum Gasteiger partial charge on any atom is -0.496 e. The largest absolute Gasteiger partial charge is 0.496 e. The number of carbonyl (C=O) groups is 1. The minimum atomic E-state index is -0.537. The molecule has 1 amide bonds. The van der Waals surface area contributed by atoms with Crippen LogP contribution in [0.4, 0.5) is 15.9 Å². The molecule has 1 saturated carbocycles. The summed E-state index contributed by atoms with van der Waals surface area (Å²) in [7, 11) is 1.62. The van der Waals surface area contributed by atoms with Crippen molar-refractivity contribution < 1.29 is 13.9 Å². The van der Waals surface area contributed by atoms with Gasteiger partial charge in [-0.05, 0) is 30.0 Å². The van der Waals surface area contributed by atoms with Crippen molar-refractivity contribution in [1.29, 1.82) is 0 Å². The van der Waals surface area contributed by atoms with Crippen LogP contribution in [-0.2, 0) is 11.3 Å². The van der Waals surface area contributed by atoms with E-state index < -0.39 is 5.82 Å². The van der Waals surface area contributed by atoms with E-state index in [1.54, 1.807) is 19.2 Å². The molecule has 2 unspecified atom stereocenters. The number of nitrogens with one attached hydrogen (secondary N) is 1. The average Bonchev–Trinajstić information content (AvgIpc) is 3.27. The first-order valence-electron chi connectivity index (χ1n) is 10.0. The number of methoxy groups -OCH3 is 1. The van der Waals surface area contributed by atoms with Crippen molar-refractivity contribution in [3.63, 3.8) is 0 Å². The molecule has 0 bridgehead atoms. The maximum Gasteiger partial charge on any atom is 0.221 e. The molecule has 2 fully saturated rings. The number of piperidine rings is 1. The van der Waals surface area contributed by atoms with Crippen molar-refractivity contribution in [2.24, 2.45) is 23.5 Å². The zero-order chi connectivity index (χ0) is 21.7. The van der Waals surface area contributed by atoms with Crippen molar-refractivity contribution in [3.8, 4) is 5.75 Å². The molecule has 1 saturated heterocycles. The van der Waals surface area contributed by atoms with Crippen LogP contribution in [0.5, 0.6) is 5.75 Å². The first-order valence-corrected chi connectivity index (χ1v) is 10.4. The Morgan fingerprint density at radius 3 is 2.81 bits per heavy atom. The quantitative estimate of drug-likeness (QED) is 0.609. The fourth-order valence-corrected chi connectivity index (χ4v) is 4.85.